The third-order valence-electron chi connectivity index (χ3n) is 8.20. The molecule has 8 nitrogen and oxygen atoms in total. The summed E-state index contributed by atoms with van der Waals surface area (Å²) in [5.41, 5.74) is 2.03. The van der Waals surface area contributed by atoms with Crippen LogP contribution in [0.5, 0.6) is 0 Å². The minimum Gasteiger partial charge on any atom is -0.370 e. The van der Waals surface area contributed by atoms with E-state index in [0.29, 0.717) is 30.6 Å². The number of carbonyl (C=O) groups is 1. The van der Waals surface area contributed by atoms with Gasteiger partial charge < -0.3 is 14.5 Å². The lowest BCUT2D eigenvalue weighted by atomic mass is 9.96. The molecule has 3 heterocycles. The maximum Gasteiger partial charge on any atom is 0.248 e. The zero-order valence-corrected chi connectivity index (χ0v) is 24.6. The van der Waals surface area contributed by atoms with Crippen molar-refractivity contribution in [1.29, 1.82) is 0 Å². The Bertz CT molecular complexity index is 1280. The van der Waals surface area contributed by atoms with E-state index in [1.54, 1.807) is 0 Å². The Labute approximate surface area is 241 Å². The first-order chi connectivity index (χ1) is 18.7. The summed E-state index contributed by atoms with van der Waals surface area (Å²) in [4.78, 5) is 19.7. The number of nitrogens with zero attached hydrogens (tertiary/aromatic N) is 4. The molecule has 0 bridgehead atoms. The first-order valence-electron chi connectivity index (χ1n) is 13.5. The fourth-order valence-corrected chi connectivity index (χ4v) is 8.20. The monoisotopic (exact) mass is 594 g/mol. The van der Waals surface area contributed by atoms with E-state index in [9.17, 15) is 13.2 Å². The van der Waals surface area contributed by atoms with Gasteiger partial charge in [0.05, 0.1) is 17.7 Å². The number of piperazine rings is 1. The van der Waals surface area contributed by atoms with Gasteiger partial charge in [0, 0.05) is 43.8 Å². The van der Waals surface area contributed by atoms with Crippen LogP contribution >= 0.6 is 23.2 Å². The number of benzene rings is 2. The second-order valence-electron chi connectivity index (χ2n) is 10.7. The van der Waals surface area contributed by atoms with Crippen molar-refractivity contribution in [3.8, 4) is 0 Å². The van der Waals surface area contributed by atoms with E-state index < -0.39 is 16.1 Å². The Morgan fingerprint density at radius 2 is 1.67 bits per heavy atom. The van der Waals surface area contributed by atoms with Crippen molar-refractivity contribution in [3.05, 3.63) is 63.6 Å². The van der Waals surface area contributed by atoms with Gasteiger partial charge in [-0.05, 0) is 68.7 Å². The van der Waals surface area contributed by atoms with Gasteiger partial charge in [-0.25, -0.2) is 8.42 Å². The Morgan fingerprint density at radius 1 is 0.974 bits per heavy atom. The van der Waals surface area contributed by atoms with E-state index in [-0.39, 0.29) is 35.6 Å². The molecular formula is C28H36Cl2N4O4S. The Hall–Kier alpha value is -1.72. The zero-order chi connectivity index (χ0) is 27.6. The molecule has 2 aromatic carbocycles. The van der Waals surface area contributed by atoms with Crippen LogP contribution in [-0.2, 0) is 32.5 Å². The van der Waals surface area contributed by atoms with Crippen molar-refractivity contribution in [2.45, 2.75) is 42.8 Å². The predicted molar refractivity (Wildman–Crippen MR) is 153 cm³/mol. The summed E-state index contributed by atoms with van der Waals surface area (Å²) >= 11 is 12.3. The third kappa shape index (κ3) is 6.62. The SMILES string of the molecule is CN1CCC(N2CCN(C(=O)COC[C@@H]3Cc4ccccc4CN3S(=O)(=O)c3ccc(Cl)cc3Cl)CC2)CC1. The number of hydrogen-bond donors (Lipinski definition) is 0. The highest BCUT2D eigenvalue weighted by atomic mass is 35.5. The second-order valence-corrected chi connectivity index (χ2v) is 13.4. The van der Waals surface area contributed by atoms with E-state index in [0.717, 1.165) is 37.3 Å². The molecule has 0 aliphatic carbocycles. The highest BCUT2D eigenvalue weighted by molar-refractivity contribution is 7.89. The van der Waals surface area contributed by atoms with E-state index in [4.69, 9.17) is 27.9 Å². The number of halogens is 2. The topological polar surface area (TPSA) is 73.4 Å². The fourth-order valence-electron chi connectivity index (χ4n) is 5.87. The lowest BCUT2D eigenvalue weighted by Gasteiger charge is -2.42. The maximum atomic E-state index is 13.7. The van der Waals surface area contributed by atoms with Gasteiger partial charge in [0.15, 0.2) is 0 Å². The van der Waals surface area contributed by atoms with Crippen LogP contribution < -0.4 is 0 Å². The van der Waals surface area contributed by atoms with Crippen LogP contribution in [0.25, 0.3) is 0 Å². The average Bonchev–Trinajstić information content (AvgIpc) is 2.93. The number of carbonyl (C=O) groups excluding carboxylic acids is 1. The van der Waals surface area contributed by atoms with Crippen LogP contribution in [-0.4, -0.2) is 105 Å². The largest absolute Gasteiger partial charge is 0.370 e. The predicted octanol–water partition coefficient (Wildman–Crippen LogP) is 3.36. The molecule has 3 aliphatic heterocycles. The standard InChI is InChI=1S/C28H36Cl2N4O4S/c1-31-10-8-24(9-11-31)32-12-14-33(15-13-32)28(35)20-38-19-25-16-21-4-2-3-5-22(21)18-34(25)39(36,37)27-7-6-23(29)17-26(27)30/h2-7,17,24-25H,8-16,18-20H2,1H3/t25-/m0/s1. The molecule has 0 N–H and O–H groups in total. The van der Waals surface area contributed by atoms with Gasteiger partial charge in [0.25, 0.3) is 0 Å². The van der Waals surface area contributed by atoms with Gasteiger partial charge in [0.1, 0.15) is 11.5 Å². The number of sulfonamides is 1. The van der Waals surface area contributed by atoms with Crippen molar-refractivity contribution >= 4 is 39.1 Å². The molecule has 0 radical (unpaired) electrons. The molecule has 1 atom stereocenters. The molecule has 0 unspecified atom stereocenters. The van der Waals surface area contributed by atoms with Crippen molar-refractivity contribution in [2.75, 3.05) is 59.5 Å². The second kappa shape index (κ2) is 12.4. The normalized spacial score (nSPS) is 22.1. The molecule has 39 heavy (non-hydrogen) atoms. The maximum absolute atomic E-state index is 13.7. The zero-order valence-electron chi connectivity index (χ0n) is 22.3. The summed E-state index contributed by atoms with van der Waals surface area (Å²) in [5, 5.41) is 0.448. The van der Waals surface area contributed by atoms with Crippen molar-refractivity contribution in [3.63, 3.8) is 0 Å². The van der Waals surface area contributed by atoms with Crippen molar-refractivity contribution in [2.24, 2.45) is 0 Å². The summed E-state index contributed by atoms with van der Waals surface area (Å²) in [6.45, 7) is 5.66. The number of likely N-dealkylation sites (tertiary alicyclic amines) is 1. The average molecular weight is 596 g/mol. The lowest BCUT2D eigenvalue weighted by molar-refractivity contribution is -0.138. The van der Waals surface area contributed by atoms with Gasteiger partial charge in [0.2, 0.25) is 15.9 Å². The third-order valence-corrected chi connectivity index (χ3v) is 10.8. The highest BCUT2D eigenvalue weighted by Gasteiger charge is 2.37. The molecule has 0 aromatic heterocycles. The fraction of sp³-hybridized carbons (Fsp3) is 0.536. The first-order valence-corrected chi connectivity index (χ1v) is 15.7. The smallest absolute Gasteiger partial charge is 0.248 e. The van der Waals surface area contributed by atoms with Crippen LogP contribution in [0.1, 0.15) is 24.0 Å². The Morgan fingerprint density at radius 3 is 2.36 bits per heavy atom. The molecule has 0 saturated carbocycles. The van der Waals surface area contributed by atoms with Crippen LogP contribution in [0, 0.1) is 0 Å². The highest BCUT2D eigenvalue weighted by Crippen LogP contribution is 2.33. The summed E-state index contributed by atoms with van der Waals surface area (Å²) in [7, 11) is -1.77. The van der Waals surface area contributed by atoms with Crippen molar-refractivity contribution in [1.82, 2.24) is 19.0 Å². The summed E-state index contributed by atoms with van der Waals surface area (Å²) < 4.78 is 34.8. The van der Waals surface area contributed by atoms with Gasteiger partial charge in [-0.15, -0.1) is 0 Å². The number of ether oxygens (including phenoxy) is 1. The molecule has 0 spiro atoms. The van der Waals surface area contributed by atoms with E-state index in [1.807, 2.05) is 29.2 Å². The molecular weight excluding hydrogens is 559 g/mol. The number of fused-ring (bicyclic) bond motifs is 1. The molecule has 2 fully saturated rings. The van der Waals surface area contributed by atoms with Crippen molar-refractivity contribution < 1.29 is 17.9 Å². The molecule has 2 aromatic rings. The van der Waals surface area contributed by atoms with Gasteiger partial charge in [-0.1, -0.05) is 47.5 Å². The van der Waals surface area contributed by atoms with Gasteiger partial charge >= 0.3 is 0 Å². The Balaban J connectivity index is 1.20. The molecule has 5 rings (SSSR count). The molecule has 3 aliphatic rings. The molecule has 1 amide bonds. The first kappa shape index (κ1) is 28.8. The number of rotatable bonds is 7. The lowest BCUT2D eigenvalue weighted by Crippen LogP contribution is -2.54. The van der Waals surface area contributed by atoms with Crippen LogP contribution in [0.3, 0.4) is 0 Å². The summed E-state index contributed by atoms with van der Waals surface area (Å²) in [6, 6.07) is 12.3. The number of amides is 1. The van der Waals surface area contributed by atoms with Crippen LogP contribution in [0.15, 0.2) is 47.4 Å². The quantitative estimate of drug-likeness (QED) is 0.489. The molecule has 2 saturated heterocycles. The van der Waals surface area contributed by atoms with E-state index in [1.165, 1.54) is 35.3 Å². The Kier molecular flexibility index (Phi) is 9.18. The summed E-state index contributed by atoms with van der Waals surface area (Å²) in [5.74, 6) is -0.0515. The minimum absolute atomic E-state index is 0.0107. The summed E-state index contributed by atoms with van der Waals surface area (Å²) in [6.07, 6.45) is 2.85. The minimum atomic E-state index is -3.93. The molecule has 11 heteroatoms. The number of piperidine rings is 1. The van der Waals surface area contributed by atoms with Crippen LogP contribution in [0.2, 0.25) is 10.0 Å². The van der Waals surface area contributed by atoms with E-state index in [2.05, 4.69) is 16.8 Å². The number of hydrogen-bond acceptors (Lipinski definition) is 6. The van der Waals surface area contributed by atoms with Gasteiger partial charge in [-0.3, -0.25) is 9.69 Å². The van der Waals surface area contributed by atoms with E-state index >= 15 is 0 Å². The van der Waals surface area contributed by atoms with Gasteiger partial charge in [-0.2, -0.15) is 4.31 Å². The van der Waals surface area contributed by atoms with Crippen LogP contribution in [0.4, 0.5) is 0 Å². The molecule has 212 valence electrons.